The molecule has 1 aliphatic heterocycles. The Hall–Kier alpha value is -1.09. The Morgan fingerprint density at radius 1 is 1.41 bits per heavy atom. The van der Waals surface area contributed by atoms with Crippen molar-refractivity contribution in [2.45, 2.75) is 45.7 Å². The third kappa shape index (κ3) is 3.43. The van der Waals surface area contributed by atoms with Gasteiger partial charge in [0, 0.05) is 30.9 Å². The van der Waals surface area contributed by atoms with Crippen LogP contribution in [0.1, 0.15) is 32.4 Å². The van der Waals surface area contributed by atoms with Gasteiger partial charge in [-0.15, -0.1) is 0 Å². The molecule has 2 heterocycles. The van der Waals surface area contributed by atoms with E-state index in [1.807, 2.05) is 13.1 Å². The molecule has 17 heavy (non-hydrogen) atoms. The molecule has 0 aromatic carbocycles. The summed E-state index contributed by atoms with van der Waals surface area (Å²) in [6.45, 7) is 8.71. The number of nitrogens with one attached hydrogen (secondary N) is 1. The highest BCUT2D eigenvalue weighted by Gasteiger charge is 2.20. The fraction of sp³-hybridized carbons (Fsp3) is 0.643. The van der Waals surface area contributed by atoms with E-state index < -0.39 is 0 Å². The fourth-order valence-electron chi connectivity index (χ4n) is 2.47. The van der Waals surface area contributed by atoms with Crippen molar-refractivity contribution in [3.05, 3.63) is 24.0 Å². The molecule has 1 fully saturated rings. The van der Waals surface area contributed by atoms with Crippen LogP contribution in [0.25, 0.3) is 0 Å². The number of hydrogen-bond donors (Lipinski definition) is 1. The van der Waals surface area contributed by atoms with Crippen LogP contribution in [-0.4, -0.2) is 30.2 Å². The minimum Gasteiger partial charge on any atom is -0.369 e. The average Bonchev–Trinajstić information content (AvgIpc) is 2.29. The largest absolute Gasteiger partial charge is 0.369 e. The smallest absolute Gasteiger partial charge is 0.0553 e. The van der Waals surface area contributed by atoms with Gasteiger partial charge in [0.2, 0.25) is 0 Å². The molecule has 1 saturated heterocycles. The zero-order valence-corrected chi connectivity index (χ0v) is 11.1. The SMILES string of the molecule is Cc1ccc(N2CCC[C@H](NC(C)C)C2)cn1. The van der Waals surface area contributed by atoms with Gasteiger partial charge in [-0.1, -0.05) is 13.8 Å². The monoisotopic (exact) mass is 233 g/mol. The Morgan fingerprint density at radius 2 is 2.24 bits per heavy atom. The standard InChI is InChI=1S/C14H23N3/c1-11(2)16-13-5-4-8-17(10-13)14-7-6-12(3)15-9-14/h6-7,9,11,13,16H,4-5,8,10H2,1-3H3/t13-/m0/s1. The van der Waals surface area contributed by atoms with E-state index in [9.17, 15) is 0 Å². The average molecular weight is 233 g/mol. The molecular weight excluding hydrogens is 210 g/mol. The maximum atomic E-state index is 4.38. The van der Waals surface area contributed by atoms with Crippen LogP contribution in [0.4, 0.5) is 5.69 Å². The van der Waals surface area contributed by atoms with Crippen molar-refractivity contribution in [2.75, 3.05) is 18.0 Å². The lowest BCUT2D eigenvalue weighted by Gasteiger charge is -2.35. The summed E-state index contributed by atoms with van der Waals surface area (Å²) >= 11 is 0. The number of piperidine rings is 1. The molecule has 1 N–H and O–H groups in total. The summed E-state index contributed by atoms with van der Waals surface area (Å²) in [6.07, 6.45) is 4.54. The van der Waals surface area contributed by atoms with Crippen LogP contribution in [0.3, 0.4) is 0 Å². The third-order valence-electron chi connectivity index (χ3n) is 3.25. The van der Waals surface area contributed by atoms with E-state index in [0.717, 1.165) is 18.8 Å². The highest BCUT2D eigenvalue weighted by Crippen LogP contribution is 2.19. The van der Waals surface area contributed by atoms with Gasteiger partial charge in [-0.05, 0) is 31.9 Å². The molecule has 0 amide bonds. The second kappa shape index (κ2) is 5.50. The Labute approximate surface area is 104 Å². The predicted octanol–water partition coefficient (Wildman–Crippen LogP) is 2.36. The molecule has 1 aliphatic rings. The van der Waals surface area contributed by atoms with E-state index >= 15 is 0 Å². The van der Waals surface area contributed by atoms with Crippen molar-refractivity contribution in [3.63, 3.8) is 0 Å². The van der Waals surface area contributed by atoms with Gasteiger partial charge in [-0.2, -0.15) is 0 Å². The zero-order valence-electron chi connectivity index (χ0n) is 11.1. The molecule has 0 unspecified atom stereocenters. The molecule has 0 radical (unpaired) electrons. The van der Waals surface area contributed by atoms with Gasteiger partial charge >= 0.3 is 0 Å². The molecule has 0 spiro atoms. The van der Waals surface area contributed by atoms with Crippen molar-refractivity contribution in [1.82, 2.24) is 10.3 Å². The minimum absolute atomic E-state index is 0.566. The van der Waals surface area contributed by atoms with Crippen LogP contribution in [0.15, 0.2) is 18.3 Å². The summed E-state index contributed by atoms with van der Waals surface area (Å²) < 4.78 is 0. The number of aryl methyl sites for hydroxylation is 1. The molecule has 2 rings (SSSR count). The number of anilines is 1. The summed E-state index contributed by atoms with van der Waals surface area (Å²) in [4.78, 5) is 6.82. The minimum atomic E-state index is 0.566. The van der Waals surface area contributed by atoms with Gasteiger partial charge in [0.15, 0.2) is 0 Å². The summed E-state index contributed by atoms with van der Waals surface area (Å²) in [7, 11) is 0. The first-order valence-corrected chi connectivity index (χ1v) is 6.59. The van der Waals surface area contributed by atoms with Gasteiger partial charge in [0.1, 0.15) is 0 Å². The molecule has 0 aliphatic carbocycles. The lowest BCUT2D eigenvalue weighted by atomic mass is 10.0. The quantitative estimate of drug-likeness (QED) is 0.868. The maximum absolute atomic E-state index is 4.38. The van der Waals surface area contributed by atoms with Gasteiger partial charge in [-0.3, -0.25) is 4.98 Å². The molecule has 0 bridgehead atoms. The van der Waals surface area contributed by atoms with E-state index in [4.69, 9.17) is 0 Å². The second-order valence-corrected chi connectivity index (χ2v) is 5.26. The van der Waals surface area contributed by atoms with E-state index in [-0.39, 0.29) is 0 Å². The molecule has 3 heteroatoms. The van der Waals surface area contributed by atoms with Crippen molar-refractivity contribution in [1.29, 1.82) is 0 Å². The highest BCUT2D eigenvalue weighted by atomic mass is 15.2. The Bertz CT molecular complexity index is 345. The van der Waals surface area contributed by atoms with Crippen molar-refractivity contribution in [2.24, 2.45) is 0 Å². The topological polar surface area (TPSA) is 28.2 Å². The normalized spacial score (nSPS) is 20.9. The number of aromatic nitrogens is 1. The van der Waals surface area contributed by atoms with Crippen LogP contribution in [0.5, 0.6) is 0 Å². The van der Waals surface area contributed by atoms with E-state index in [0.29, 0.717) is 12.1 Å². The van der Waals surface area contributed by atoms with Crippen molar-refractivity contribution < 1.29 is 0 Å². The molecule has 0 saturated carbocycles. The van der Waals surface area contributed by atoms with Crippen LogP contribution in [0.2, 0.25) is 0 Å². The second-order valence-electron chi connectivity index (χ2n) is 5.26. The van der Waals surface area contributed by atoms with E-state index in [1.54, 1.807) is 0 Å². The van der Waals surface area contributed by atoms with Crippen molar-refractivity contribution >= 4 is 5.69 Å². The molecule has 3 nitrogen and oxygen atoms in total. The Balaban J connectivity index is 1.99. The maximum Gasteiger partial charge on any atom is 0.0553 e. The highest BCUT2D eigenvalue weighted by molar-refractivity contribution is 5.45. The zero-order chi connectivity index (χ0) is 12.3. The lowest BCUT2D eigenvalue weighted by Crippen LogP contribution is -2.47. The Kier molecular flexibility index (Phi) is 4.00. The molecule has 1 atom stereocenters. The number of nitrogens with zero attached hydrogens (tertiary/aromatic N) is 2. The summed E-state index contributed by atoms with van der Waals surface area (Å²) in [5, 5.41) is 3.63. The fourth-order valence-corrected chi connectivity index (χ4v) is 2.47. The van der Waals surface area contributed by atoms with Crippen molar-refractivity contribution in [3.8, 4) is 0 Å². The first kappa shape index (κ1) is 12.4. The first-order valence-electron chi connectivity index (χ1n) is 6.59. The van der Waals surface area contributed by atoms with Gasteiger partial charge in [0.25, 0.3) is 0 Å². The summed E-state index contributed by atoms with van der Waals surface area (Å²) in [5.41, 5.74) is 2.34. The van der Waals surface area contributed by atoms with Crippen LogP contribution < -0.4 is 10.2 Å². The number of hydrogen-bond acceptors (Lipinski definition) is 3. The molecule has 94 valence electrons. The van der Waals surface area contributed by atoms with Crippen LogP contribution in [0, 0.1) is 6.92 Å². The third-order valence-corrected chi connectivity index (χ3v) is 3.25. The van der Waals surface area contributed by atoms with E-state index in [2.05, 4.69) is 41.2 Å². The van der Waals surface area contributed by atoms with Crippen LogP contribution >= 0.6 is 0 Å². The summed E-state index contributed by atoms with van der Waals surface area (Å²) in [5.74, 6) is 0. The van der Waals surface area contributed by atoms with E-state index in [1.165, 1.54) is 18.5 Å². The number of rotatable bonds is 3. The number of pyridine rings is 1. The lowest BCUT2D eigenvalue weighted by molar-refractivity contribution is 0.394. The van der Waals surface area contributed by atoms with Gasteiger partial charge < -0.3 is 10.2 Å². The van der Waals surface area contributed by atoms with Crippen LogP contribution in [-0.2, 0) is 0 Å². The Morgan fingerprint density at radius 3 is 2.88 bits per heavy atom. The molecule has 1 aromatic rings. The van der Waals surface area contributed by atoms with Gasteiger partial charge in [0.05, 0.1) is 11.9 Å². The first-order chi connectivity index (χ1) is 8.15. The summed E-state index contributed by atoms with van der Waals surface area (Å²) in [6, 6.07) is 5.45. The predicted molar refractivity (Wildman–Crippen MR) is 72.5 cm³/mol. The molecule has 1 aromatic heterocycles. The molecular formula is C14H23N3. The van der Waals surface area contributed by atoms with Gasteiger partial charge in [-0.25, -0.2) is 0 Å².